The molecule has 1 aliphatic heterocycles. The molecule has 0 unspecified atom stereocenters. The molecular formula is C23H24N6O3S2. The molecule has 1 aliphatic rings. The second-order valence-electron chi connectivity index (χ2n) is 8.20. The number of aromatic nitrogens is 3. The fraction of sp³-hybridized carbons (Fsp3) is 0.261. The predicted molar refractivity (Wildman–Crippen MR) is 132 cm³/mol. The lowest BCUT2D eigenvalue weighted by molar-refractivity contribution is 0.102. The fourth-order valence-corrected chi connectivity index (χ4v) is 6.35. The Morgan fingerprint density at radius 2 is 1.79 bits per heavy atom. The number of carbonyl (C=O) groups is 1. The van der Waals surface area contributed by atoms with Crippen molar-refractivity contribution in [2.45, 2.75) is 11.8 Å². The maximum Gasteiger partial charge on any atom is 0.260 e. The molecule has 3 heterocycles. The molecule has 5 rings (SSSR count). The smallest absolute Gasteiger partial charge is 0.260 e. The van der Waals surface area contributed by atoms with Crippen LogP contribution in [0, 0.1) is 6.92 Å². The van der Waals surface area contributed by atoms with Crippen LogP contribution in [0.2, 0.25) is 0 Å². The Bertz CT molecular complexity index is 1450. The van der Waals surface area contributed by atoms with Crippen LogP contribution in [-0.4, -0.2) is 71.5 Å². The summed E-state index contributed by atoms with van der Waals surface area (Å²) in [6.45, 7) is 4.19. The van der Waals surface area contributed by atoms with Crippen LogP contribution in [-0.2, 0) is 10.0 Å². The van der Waals surface area contributed by atoms with Gasteiger partial charge in [-0.3, -0.25) is 10.1 Å². The zero-order valence-electron chi connectivity index (χ0n) is 18.8. The van der Waals surface area contributed by atoms with Crippen molar-refractivity contribution in [1.29, 1.82) is 0 Å². The largest absolute Gasteiger partial charge is 0.304 e. The van der Waals surface area contributed by atoms with E-state index in [2.05, 4.69) is 20.3 Å². The number of para-hydroxylation sites is 1. The number of thiazole rings is 1. The predicted octanol–water partition coefficient (Wildman–Crippen LogP) is 2.98. The number of nitrogens with zero attached hydrogens (tertiary/aromatic N) is 5. The summed E-state index contributed by atoms with van der Waals surface area (Å²) in [5.41, 5.74) is 2.66. The van der Waals surface area contributed by atoms with E-state index in [-0.39, 0.29) is 10.8 Å². The molecule has 1 amide bonds. The van der Waals surface area contributed by atoms with E-state index in [4.69, 9.17) is 0 Å². The molecule has 0 aliphatic carbocycles. The lowest BCUT2D eigenvalue weighted by atomic mass is 10.2. The van der Waals surface area contributed by atoms with Crippen molar-refractivity contribution in [3.8, 4) is 5.69 Å². The normalized spacial score (nSPS) is 15.6. The van der Waals surface area contributed by atoms with Crippen LogP contribution in [0.4, 0.5) is 5.13 Å². The van der Waals surface area contributed by atoms with Gasteiger partial charge in [-0.1, -0.05) is 29.5 Å². The quantitative estimate of drug-likeness (QED) is 0.456. The van der Waals surface area contributed by atoms with Gasteiger partial charge in [0.1, 0.15) is 0 Å². The van der Waals surface area contributed by atoms with E-state index < -0.39 is 10.0 Å². The molecule has 0 spiro atoms. The molecule has 0 bridgehead atoms. The minimum Gasteiger partial charge on any atom is -0.304 e. The first-order valence-electron chi connectivity index (χ1n) is 10.8. The average Bonchev–Trinajstić information content (AvgIpc) is 3.42. The number of carbonyl (C=O) groups excluding carboxylic acids is 1. The van der Waals surface area contributed by atoms with Gasteiger partial charge in [0.05, 0.1) is 38.3 Å². The molecule has 11 heteroatoms. The Morgan fingerprint density at radius 3 is 2.53 bits per heavy atom. The molecule has 34 heavy (non-hydrogen) atoms. The number of fused-ring (bicyclic) bond motifs is 1. The third-order valence-electron chi connectivity index (χ3n) is 5.94. The summed E-state index contributed by atoms with van der Waals surface area (Å²) < 4.78 is 30.1. The first-order valence-corrected chi connectivity index (χ1v) is 13.1. The standard InChI is InChI=1S/C23H24N6O3S2/c1-16-19(15-24-29(16)17-6-4-3-5-7-17)22(30)26-23-25-20-9-8-18(14-21(20)33-23)34(31,32)28-12-10-27(2)11-13-28/h3-9,14-15H,10-13H2,1-2H3,(H,25,26,30). The SMILES string of the molecule is Cc1c(C(=O)Nc2nc3ccc(S(=O)(=O)N4CCN(C)CC4)cc3s2)cnn1-c1ccccc1. The topological polar surface area (TPSA) is 100 Å². The Kier molecular flexibility index (Phi) is 5.94. The molecule has 1 fully saturated rings. The van der Waals surface area contributed by atoms with E-state index in [9.17, 15) is 13.2 Å². The average molecular weight is 497 g/mol. The number of hydrogen-bond donors (Lipinski definition) is 1. The van der Waals surface area contributed by atoms with Crippen LogP contribution in [0.3, 0.4) is 0 Å². The van der Waals surface area contributed by atoms with E-state index in [0.29, 0.717) is 52.8 Å². The van der Waals surface area contributed by atoms with Gasteiger partial charge < -0.3 is 4.90 Å². The van der Waals surface area contributed by atoms with Crippen molar-refractivity contribution in [2.24, 2.45) is 0 Å². The monoisotopic (exact) mass is 496 g/mol. The highest BCUT2D eigenvalue weighted by Gasteiger charge is 2.28. The molecule has 4 aromatic rings. The van der Waals surface area contributed by atoms with E-state index in [0.717, 1.165) is 5.69 Å². The van der Waals surface area contributed by atoms with E-state index in [1.54, 1.807) is 22.9 Å². The zero-order chi connectivity index (χ0) is 23.9. The van der Waals surface area contributed by atoms with Crippen molar-refractivity contribution >= 4 is 42.6 Å². The van der Waals surface area contributed by atoms with Crippen LogP contribution in [0.1, 0.15) is 16.1 Å². The number of sulfonamides is 1. The Morgan fingerprint density at radius 1 is 1.06 bits per heavy atom. The number of benzene rings is 2. The molecule has 1 saturated heterocycles. The summed E-state index contributed by atoms with van der Waals surface area (Å²) >= 11 is 1.25. The van der Waals surface area contributed by atoms with E-state index >= 15 is 0 Å². The third-order valence-corrected chi connectivity index (χ3v) is 8.76. The fourth-order valence-electron chi connectivity index (χ4n) is 3.92. The van der Waals surface area contributed by atoms with Crippen LogP contribution < -0.4 is 5.32 Å². The highest BCUT2D eigenvalue weighted by Crippen LogP contribution is 2.30. The van der Waals surface area contributed by atoms with Gasteiger partial charge in [-0.05, 0) is 44.3 Å². The summed E-state index contributed by atoms with van der Waals surface area (Å²) in [6.07, 6.45) is 1.53. The lowest BCUT2D eigenvalue weighted by Gasteiger charge is -2.31. The number of anilines is 1. The zero-order valence-corrected chi connectivity index (χ0v) is 20.4. The van der Waals surface area contributed by atoms with Gasteiger partial charge in [0, 0.05) is 26.2 Å². The first-order chi connectivity index (χ1) is 16.3. The molecular weight excluding hydrogens is 472 g/mol. The molecule has 2 aromatic carbocycles. The van der Waals surface area contributed by atoms with Crippen LogP contribution in [0.15, 0.2) is 59.6 Å². The van der Waals surface area contributed by atoms with Gasteiger partial charge in [-0.25, -0.2) is 18.1 Å². The molecule has 2 aromatic heterocycles. The number of rotatable bonds is 5. The van der Waals surface area contributed by atoms with Crippen LogP contribution in [0.5, 0.6) is 0 Å². The van der Waals surface area contributed by atoms with Crippen LogP contribution in [0.25, 0.3) is 15.9 Å². The number of nitrogens with one attached hydrogen (secondary N) is 1. The summed E-state index contributed by atoms with van der Waals surface area (Å²) in [5.74, 6) is -0.316. The molecule has 9 nitrogen and oxygen atoms in total. The van der Waals surface area contributed by atoms with Gasteiger partial charge in [0.25, 0.3) is 5.91 Å². The van der Waals surface area contributed by atoms with E-state index in [1.165, 1.54) is 21.8 Å². The Balaban J connectivity index is 1.36. The molecule has 1 N–H and O–H groups in total. The van der Waals surface area contributed by atoms with E-state index in [1.807, 2.05) is 44.3 Å². The Hall–Kier alpha value is -3.12. The molecule has 0 atom stereocenters. The Labute approximate surface area is 201 Å². The maximum atomic E-state index is 13.1. The minimum absolute atomic E-state index is 0.242. The first kappa shape index (κ1) is 22.7. The summed E-state index contributed by atoms with van der Waals surface area (Å²) in [6, 6.07) is 14.5. The van der Waals surface area contributed by atoms with Crippen LogP contribution >= 0.6 is 11.3 Å². The van der Waals surface area contributed by atoms with Crippen molar-refractivity contribution in [2.75, 3.05) is 38.5 Å². The number of likely N-dealkylation sites (N-methyl/N-ethyl adjacent to an activating group) is 1. The number of amides is 1. The summed E-state index contributed by atoms with van der Waals surface area (Å²) in [5, 5.41) is 7.58. The lowest BCUT2D eigenvalue weighted by Crippen LogP contribution is -2.46. The molecule has 176 valence electrons. The van der Waals surface area contributed by atoms with Crippen molar-refractivity contribution in [3.05, 3.63) is 66.0 Å². The highest BCUT2D eigenvalue weighted by molar-refractivity contribution is 7.89. The van der Waals surface area contributed by atoms with Gasteiger partial charge in [-0.2, -0.15) is 9.40 Å². The summed E-state index contributed by atoms with van der Waals surface area (Å²) in [4.78, 5) is 19.7. The number of hydrogen-bond acceptors (Lipinski definition) is 7. The maximum absolute atomic E-state index is 13.1. The van der Waals surface area contributed by atoms with Crippen molar-refractivity contribution < 1.29 is 13.2 Å². The second-order valence-corrected chi connectivity index (χ2v) is 11.2. The second kappa shape index (κ2) is 8.91. The highest BCUT2D eigenvalue weighted by atomic mass is 32.2. The summed E-state index contributed by atoms with van der Waals surface area (Å²) in [7, 11) is -1.59. The minimum atomic E-state index is -3.58. The van der Waals surface area contributed by atoms with Gasteiger partial charge in [0.15, 0.2) is 5.13 Å². The van der Waals surface area contributed by atoms with Gasteiger partial charge in [-0.15, -0.1) is 0 Å². The number of piperazine rings is 1. The molecule has 0 saturated carbocycles. The van der Waals surface area contributed by atoms with Gasteiger partial charge in [0.2, 0.25) is 10.0 Å². The van der Waals surface area contributed by atoms with Crippen molar-refractivity contribution in [3.63, 3.8) is 0 Å². The molecule has 0 radical (unpaired) electrons. The van der Waals surface area contributed by atoms with Crippen molar-refractivity contribution in [1.82, 2.24) is 24.0 Å². The third kappa shape index (κ3) is 4.23. The van der Waals surface area contributed by atoms with Gasteiger partial charge >= 0.3 is 0 Å².